The minimum atomic E-state index is -0.538. The van der Waals surface area contributed by atoms with Crippen molar-refractivity contribution in [2.75, 3.05) is 27.2 Å². The van der Waals surface area contributed by atoms with Gasteiger partial charge < -0.3 is 15.5 Å². The Morgan fingerprint density at radius 3 is 2.74 bits per heavy atom. The second-order valence-electron chi connectivity index (χ2n) is 5.48. The lowest BCUT2D eigenvalue weighted by Crippen LogP contribution is -2.45. The topological polar surface area (TPSA) is 49.6 Å². The van der Waals surface area contributed by atoms with E-state index >= 15 is 0 Å². The molecule has 0 spiro atoms. The smallest absolute Gasteiger partial charge is 0.244 e. The number of nitrogens with zero attached hydrogens (tertiary/aromatic N) is 2. The molecule has 2 atom stereocenters. The van der Waals surface area contributed by atoms with Crippen molar-refractivity contribution in [1.29, 1.82) is 0 Å². The van der Waals surface area contributed by atoms with E-state index in [1.807, 2.05) is 49.3 Å². The fourth-order valence-corrected chi connectivity index (χ4v) is 2.72. The van der Waals surface area contributed by atoms with Gasteiger partial charge in [-0.25, -0.2) is 0 Å². The van der Waals surface area contributed by atoms with Gasteiger partial charge in [-0.2, -0.15) is 0 Å². The van der Waals surface area contributed by atoms with Gasteiger partial charge >= 0.3 is 0 Å². The summed E-state index contributed by atoms with van der Waals surface area (Å²) in [6.07, 6.45) is 2.15. The molecule has 1 aliphatic rings. The molecule has 1 amide bonds. The number of carbonyl (C=O) groups is 1. The molecule has 0 radical (unpaired) electrons. The summed E-state index contributed by atoms with van der Waals surface area (Å²) < 4.78 is 0. The number of amides is 1. The van der Waals surface area contributed by atoms with Crippen LogP contribution in [0, 0.1) is 0 Å². The lowest BCUT2D eigenvalue weighted by Gasteiger charge is -2.29. The Labute approximate surface area is 115 Å². The summed E-state index contributed by atoms with van der Waals surface area (Å²) in [5, 5.41) is 0. The van der Waals surface area contributed by atoms with E-state index < -0.39 is 6.04 Å². The molecule has 2 unspecified atom stereocenters. The highest BCUT2D eigenvalue weighted by atomic mass is 16.2. The molecule has 0 aliphatic carbocycles. The quantitative estimate of drug-likeness (QED) is 0.887. The largest absolute Gasteiger partial charge is 0.337 e. The molecule has 104 valence electrons. The fraction of sp³-hybridized carbons (Fsp3) is 0.533. The average molecular weight is 261 g/mol. The minimum Gasteiger partial charge on any atom is -0.337 e. The molecule has 1 heterocycles. The van der Waals surface area contributed by atoms with Gasteiger partial charge in [-0.1, -0.05) is 30.3 Å². The van der Waals surface area contributed by atoms with E-state index in [-0.39, 0.29) is 5.91 Å². The summed E-state index contributed by atoms with van der Waals surface area (Å²) in [5.41, 5.74) is 7.00. The van der Waals surface area contributed by atoms with Gasteiger partial charge in [-0.15, -0.1) is 0 Å². The van der Waals surface area contributed by atoms with Gasteiger partial charge in [0, 0.05) is 19.1 Å². The first-order valence-electron chi connectivity index (χ1n) is 6.85. The second-order valence-corrected chi connectivity index (χ2v) is 5.48. The lowest BCUT2D eigenvalue weighted by atomic mass is 10.1. The molecular formula is C15H23N3O. The van der Waals surface area contributed by atoms with E-state index in [9.17, 15) is 4.79 Å². The van der Waals surface area contributed by atoms with Crippen LogP contribution in [-0.4, -0.2) is 48.9 Å². The molecule has 1 aromatic carbocycles. The van der Waals surface area contributed by atoms with E-state index in [0.29, 0.717) is 6.04 Å². The predicted octanol–water partition coefficient (Wildman–Crippen LogP) is 1.24. The van der Waals surface area contributed by atoms with Crippen LogP contribution >= 0.6 is 0 Å². The Kier molecular flexibility index (Phi) is 4.56. The number of likely N-dealkylation sites (N-methyl/N-ethyl adjacent to an activating group) is 1. The van der Waals surface area contributed by atoms with E-state index in [0.717, 1.165) is 31.5 Å². The molecule has 19 heavy (non-hydrogen) atoms. The number of nitrogens with two attached hydrogens (primary N) is 1. The monoisotopic (exact) mass is 261 g/mol. The van der Waals surface area contributed by atoms with Crippen LogP contribution in [0.3, 0.4) is 0 Å². The Hall–Kier alpha value is -1.39. The number of hydrogen-bond donors (Lipinski definition) is 1. The van der Waals surface area contributed by atoms with Crippen LogP contribution in [0.1, 0.15) is 24.4 Å². The van der Waals surface area contributed by atoms with Crippen molar-refractivity contribution in [3.63, 3.8) is 0 Å². The van der Waals surface area contributed by atoms with Crippen molar-refractivity contribution in [3.05, 3.63) is 35.9 Å². The van der Waals surface area contributed by atoms with Crippen molar-refractivity contribution in [1.82, 2.24) is 9.80 Å². The van der Waals surface area contributed by atoms with Crippen LogP contribution in [0.5, 0.6) is 0 Å². The van der Waals surface area contributed by atoms with Crippen molar-refractivity contribution in [2.24, 2.45) is 5.73 Å². The lowest BCUT2D eigenvalue weighted by molar-refractivity contribution is -0.133. The molecule has 1 fully saturated rings. The van der Waals surface area contributed by atoms with Gasteiger partial charge in [0.1, 0.15) is 6.04 Å². The summed E-state index contributed by atoms with van der Waals surface area (Å²) in [7, 11) is 4.08. The van der Waals surface area contributed by atoms with Crippen LogP contribution in [0.15, 0.2) is 30.3 Å². The van der Waals surface area contributed by atoms with Gasteiger partial charge in [-0.3, -0.25) is 4.79 Å². The maximum Gasteiger partial charge on any atom is 0.244 e. The summed E-state index contributed by atoms with van der Waals surface area (Å²) in [5.74, 6) is 0.0514. The molecule has 1 aliphatic heterocycles. The van der Waals surface area contributed by atoms with E-state index in [2.05, 4.69) is 4.90 Å². The van der Waals surface area contributed by atoms with Crippen LogP contribution in [0.2, 0.25) is 0 Å². The number of rotatable bonds is 4. The summed E-state index contributed by atoms with van der Waals surface area (Å²) >= 11 is 0. The number of carbonyl (C=O) groups excluding carboxylic acids is 1. The van der Waals surface area contributed by atoms with Gasteiger partial charge in [0.05, 0.1) is 0 Å². The molecule has 1 saturated heterocycles. The summed E-state index contributed by atoms with van der Waals surface area (Å²) in [6.45, 7) is 1.74. The third-order valence-electron chi connectivity index (χ3n) is 3.66. The molecule has 4 nitrogen and oxygen atoms in total. The Bertz CT molecular complexity index is 419. The van der Waals surface area contributed by atoms with E-state index in [4.69, 9.17) is 5.73 Å². The fourth-order valence-electron chi connectivity index (χ4n) is 2.72. The molecule has 4 heteroatoms. The zero-order valence-electron chi connectivity index (χ0n) is 11.7. The molecule has 0 saturated carbocycles. The van der Waals surface area contributed by atoms with E-state index in [1.165, 1.54) is 0 Å². The molecule has 1 aromatic rings. The highest BCUT2D eigenvalue weighted by molar-refractivity contribution is 5.83. The van der Waals surface area contributed by atoms with Gasteiger partial charge in [-0.05, 0) is 32.5 Å². The number of hydrogen-bond acceptors (Lipinski definition) is 3. The van der Waals surface area contributed by atoms with E-state index in [1.54, 1.807) is 0 Å². The van der Waals surface area contributed by atoms with Gasteiger partial charge in [0.15, 0.2) is 0 Å². The first-order chi connectivity index (χ1) is 9.09. The van der Waals surface area contributed by atoms with Crippen molar-refractivity contribution in [2.45, 2.75) is 24.9 Å². The standard InChI is InChI=1S/C15H23N3O/c1-17(2)11-13-9-6-10-18(13)15(19)14(16)12-7-4-3-5-8-12/h3-5,7-8,13-14H,6,9-11,16H2,1-2H3. The molecule has 0 bridgehead atoms. The normalized spacial score (nSPS) is 20.8. The average Bonchev–Trinajstić information content (AvgIpc) is 2.85. The van der Waals surface area contributed by atoms with Crippen molar-refractivity contribution >= 4 is 5.91 Å². The highest BCUT2D eigenvalue weighted by Crippen LogP contribution is 2.22. The number of likely N-dealkylation sites (tertiary alicyclic amines) is 1. The van der Waals surface area contributed by atoms with Crippen molar-refractivity contribution < 1.29 is 4.79 Å². The molecule has 2 N–H and O–H groups in total. The Morgan fingerprint density at radius 1 is 1.42 bits per heavy atom. The van der Waals surface area contributed by atoms with Crippen LogP contribution in [-0.2, 0) is 4.79 Å². The second kappa shape index (κ2) is 6.17. The zero-order chi connectivity index (χ0) is 13.8. The summed E-state index contributed by atoms with van der Waals surface area (Å²) in [4.78, 5) is 16.6. The third kappa shape index (κ3) is 3.33. The van der Waals surface area contributed by atoms with Gasteiger partial charge in [0.25, 0.3) is 0 Å². The Morgan fingerprint density at radius 2 is 2.11 bits per heavy atom. The minimum absolute atomic E-state index is 0.0514. The predicted molar refractivity (Wildman–Crippen MR) is 76.7 cm³/mol. The molecular weight excluding hydrogens is 238 g/mol. The maximum absolute atomic E-state index is 12.5. The van der Waals surface area contributed by atoms with Crippen LogP contribution < -0.4 is 5.73 Å². The highest BCUT2D eigenvalue weighted by Gasteiger charge is 2.32. The first-order valence-corrected chi connectivity index (χ1v) is 6.85. The number of benzene rings is 1. The van der Waals surface area contributed by atoms with Crippen LogP contribution in [0.4, 0.5) is 0 Å². The SMILES string of the molecule is CN(C)CC1CCCN1C(=O)C(N)c1ccccc1. The zero-order valence-corrected chi connectivity index (χ0v) is 11.7. The Balaban J connectivity index is 2.06. The third-order valence-corrected chi connectivity index (χ3v) is 3.66. The molecule has 0 aromatic heterocycles. The summed E-state index contributed by atoms with van der Waals surface area (Å²) in [6, 6.07) is 9.37. The van der Waals surface area contributed by atoms with Crippen molar-refractivity contribution in [3.8, 4) is 0 Å². The van der Waals surface area contributed by atoms with Crippen LogP contribution in [0.25, 0.3) is 0 Å². The molecule has 2 rings (SSSR count). The first kappa shape index (κ1) is 14.0. The van der Waals surface area contributed by atoms with Gasteiger partial charge in [0.2, 0.25) is 5.91 Å². The maximum atomic E-state index is 12.5.